The summed E-state index contributed by atoms with van der Waals surface area (Å²) in [6.45, 7) is 4.99. The molecule has 1 aromatic rings. The van der Waals surface area contributed by atoms with Gasteiger partial charge in [0.25, 0.3) is 0 Å². The number of hydrogen-bond donors (Lipinski definition) is 1. The molecule has 2 aliphatic carbocycles. The first kappa shape index (κ1) is 13.6. The maximum Gasteiger partial charge on any atom is 0.129 e. The summed E-state index contributed by atoms with van der Waals surface area (Å²) in [5, 5.41) is 18.1. The van der Waals surface area contributed by atoms with Crippen LogP contribution < -0.4 is 5.32 Å². The molecule has 1 unspecified atom stereocenters. The molecule has 0 spiro atoms. The number of nitrogens with one attached hydrogen (secondary N) is 1. The SMILES string of the molecule is CCc1cc(CC)n(CC(C#N)(NC2CC2)C2CC2)n1. The fourth-order valence-electron chi connectivity index (χ4n) is 2.97. The lowest BCUT2D eigenvalue weighted by molar-refractivity contribution is 0.298. The van der Waals surface area contributed by atoms with Crippen LogP contribution in [0.25, 0.3) is 0 Å². The lowest BCUT2D eigenvalue weighted by atomic mass is 9.94. The van der Waals surface area contributed by atoms with E-state index < -0.39 is 5.54 Å². The summed E-state index contributed by atoms with van der Waals surface area (Å²) in [6, 6.07) is 5.35. The Morgan fingerprint density at radius 2 is 2.10 bits per heavy atom. The quantitative estimate of drug-likeness (QED) is 0.829. The Hall–Kier alpha value is -1.34. The van der Waals surface area contributed by atoms with E-state index in [2.05, 4.69) is 36.0 Å². The number of aromatic nitrogens is 2. The minimum absolute atomic E-state index is 0.401. The highest BCUT2D eigenvalue weighted by atomic mass is 15.3. The molecule has 0 aliphatic heterocycles. The molecule has 4 nitrogen and oxygen atoms in total. The molecular weight excluding hydrogens is 248 g/mol. The molecule has 0 saturated heterocycles. The second kappa shape index (κ2) is 5.21. The van der Waals surface area contributed by atoms with Crippen LogP contribution in [0.4, 0.5) is 0 Å². The van der Waals surface area contributed by atoms with E-state index in [-0.39, 0.29) is 0 Å². The summed E-state index contributed by atoms with van der Waals surface area (Å²) in [5.74, 6) is 0.507. The third-order valence-corrected chi connectivity index (χ3v) is 4.55. The molecule has 0 bridgehead atoms. The Kier molecular flexibility index (Phi) is 3.55. The smallest absolute Gasteiger partial charge is 0.129 e. The Balaban J connectivity index is 1.85. The number of nitriles is 1. The average Bonchev–Trinajstić information content (AvgIpc) is 3.36. The Morgan fingerprint density at radius 1 is 1.35 bits per heavy atom. The molecule has 2 fully saturated rings. The van der Waals surface area contributed by atoms with E-state index in [1.54, 1.807) is 0 Å². The van der Waals surface area contributed by atoms with Gasteiger partial charge in [0.05, 0.1) is 18.3 Å². The molecule has 4 heteroatoms. The van der Waals surface area contributed by atoms with Crippen LogP contribution in [-0.2, 0) is 19.4 Å². The molecule has 1 N–H and O–H groups in total. The van der Waals surface area contributed by atoms with Crippen LogP contribution in [0.2, 0.25) is 0 Å². The molecule has 0 amide bonds. The molecule has 1 aromatic heterocycles. The number of aryl methyl sites for hydroxylation is 2. The summed E-state index contributed by atoms with van der Waals surface area (Å²) in [6.07, 6.45) is 6.72. The summed E-state index contributed by atoms with van der Waals surface area (Å²) in [5.41, 5.74) is 1.98. The van der Waals surface area contributed by atoms with Gasteiger partial charge in [-0.1, -0.05) is 13.8 Å². The lowest BCUT2D eigenvalue weighted by Crippen LogP contribution is -2.51. The molecule has 20 heavy (non-hydrogen) atoms. The molecule has 0 radical (unpaired) electrons. The van der Waals surface area contributed by atoms with Crippen molar-refractivity contribution in [2.45, 2.75) is 70.5 Å². The number of rotatable bonds is 7. The monoisotopic (exact) mass is 272 g/mol. The van der Waals surface area contributed by atoms with Crippen molar-refractivity contribution >= 4 is 0 Å². The second-order valence-electron chi connectivity index (χ2n) is 6.27. The van der Waals surface area contributed by atoms with Crippen molar-refractivity contribution in [2.75, 3.05) is 0 Å². The summed E-state index contributed by atoms with van der Waals surface area (Å²) in [4.78, 5) is 0. The highest BCUT2D eigenvalue weighted by molar-refractivity contribution is 5.19. The van der Waals surface area contributed by atoms with Gasteiger partial charge in [-0.3, -0.25) is 10.00 Å². The van der Waals surface area contributed by atoms with Gasteiger partial charge in [0.1, 0.15) is 5.54 Å². The van der Waals surface area contributed by atoms with Crippen molar-refractivity contribution in [1.82, 2.24) is 15.1 Å². The van der Waals surface area contributed by atoms with E-state index in [9.17, 15) is 5.26 Å². The third kappa shape index (κ3) is 2.60. The van der Waals surface area contributed by atoms with Crippen LogP contribution in [0.1, 0.15) is 50.9 Å². The Morgan fingerprint density at radius 3 is 2.60 bits per heavy atom. The van der Waals surface area contributed by atoms with Crippen LogP contribution in [0.15, 0.2) is 6.07 Å². The van der Waals surface area contributed by atoms with E-state index >= 15 is 0 Å². The van der Waals surface area contributed by atoms with Crippen molar-refractivity contribution in [3.8, 4) is 6.07 Å². The lowest BCUT2D eigenvalue weighted by Gasteiger charge is -2.29. The Bertz CT molecular complexity index is 519. The Labute approximate surface area is 121 Å². The van der Waals surface area contributed by atoms with E-state index in [4.69, 9.17) is 5.10 Å². The predicted molar refractivity (Wildman–Crippen MR) is 78.2 cm³/mol. The maximum absolute atomic E-state index is 9.80. The van der Waals surface area contributed by atoms with Crippen LogP contribution >= 0.6 is 0 Å². The molecule has 1 heterocycles. The van der Waals surface area contributed by atoms with E-state index in [1.165, 1.54) is 31.4 Å². The van der Waals surface area contributed by atoms with Gasteiger partial charge in [0.15, 0.2) is 0 Å². The minimum atomic E-state index is -0.401. The van der Waals surface area contributed by atoms with Crippen LogP contribution in [0.3, 0.4) is 0 Å². The topological polar surface area (TPSA) is 53.6 Å². The number of hydrogen-bond acceptors (Lipinski definition) is 3. The highest BCUT2D eigenvalue weighted by Gasteiger charge is 2.48. The molecule has 0 aromatic carbocycles. The van der Waals surface area contributed by atoms with Gasteiger partial charge in [-0.2, -0.15) is 10.4 Å². The van der Waals surface area contributed by atoms with Gasteiger partial charge in [0.2, 0.25) is 0 Å². The third-order valence-electron chi connectivity index (χ3n) is 4.55. The zero-order valence-electron chi connectivity index (χ0n) is 12.5. The van der Waals surface area contributed by atoms with Gasteiger partial charge >= 0.3 is 0 Å². The summed E-state index contributed by atoms with van der Waals surface area (Å²) >= 11 is 0. The van der Waals surface area contributed by atoms with Crippen molar-refractivity contribution in [3.05, 3.63) is 17.5 Å². The van der Waals surface area contributed by atoms with Crippen molar-refractivity contribution < 1.29 is 0 Å². The van der Waals surface area contributed by atoms with Gasteiger partial charge in [-0.25, -0.2) is 0 Å². The molecular formula is C16H24N4. The first-order valence-corrected chi connectivity index (χ1v) is 7.95. The molecule has 3 rings (SSSR count). The molecule has 2 saturated carbocycles. The normalized spacial score (nSPS) is 21.4. The van der Waals surface area contributed by atoms with E-state index in [1.807, 2.05) is 0 Å². The zero-order chi connectivity index (χ0) is 14.2. The van der Waals surface area contributed by atoms with Crippen molar-refractivity contribution in [3.63, 3.8) is 0 Å². The van der Waals surface area contributed by atoms with E-state index in [0.29, 0.717) is 18.5 Å². The predicted octanol–water partition coefficient (Wildman–Crippen LogP) is 2.43. The maximum atomic E-state index is 9.80. The largest absolute Gasteiger partial charge is 0.295 e. The fourth-order valence-corrected chi connectivity index (χ4v) is 2.97. The molecule has 1 atom stereocenters. The first-order valence-electron chi connectivity index (χ1n) is 7.95. The first-order chi connectivity index (χ1) is 9.70. The van der Waals surface area contributed by atoms with Crippen molar-refractivity contribution in [2.24, 2.45) is 5.92 Å². The minimum Gasteiger partial charge on any atom is -0.295 e. The van der Waals surface area contributed by atoms with Crippen molar-refractivity contribution in [1.29, 1.82) is 5.26 Å². The van der Waals surface area contributed by atoms with Crippen LogP contribution in [-0.4, -0.2) is 21.4 Å². The van der Waals surface area contributed by atoms with Gasteiger partial charge in [-0.15, -0.1) is 0 Å². The van der Waals surface area contributed by atoms with Gasteiger partial charge in [-0.05, 0) is 50.5 Å². The van der Waals surface area contributed by atoms with Crippen LogP contribution in [0, 0.1) is 17.2 Å². The molecule has 2 aliphatic rings. The second-order valence-corrected chi connectivity index (χ2v) is 6.27. The standard InChI is InChI=1S/C16H24N4/c1-3-13-9-15(4-2)20(19-13)11-16(10-17,12-5-6-12)18-14-7-8-14/h9,12,14,18H,3-8,11H2,1-2H3. The van der Waals surface area contributed by atoms with Crippen LogP contribution in [0.5, 0.6) is 0 Å². The van der Waals surface area contributed by atoms with Gasteiger partial charge < -0.3 is 0 Å². The summed E-state index contributed by atoms with van der Waals surface area (Å²) in [7, 11) is 0. The zero-order valence-corrected chi connectivity index (χ0v) is 12.5. The fraction of sp³-hybridized carbons (Fsp3) is 0.750. The highest BCUT2D eigenvalue weighted by Crippen LogP contribution is 2.42. The average molecular weight is 272 g/mol. The summed E-state index contributed by atoms with van der Waals surface area (Å²) < 4.78 is 2.08. The number of nitrogens with zero attached hydrogens (tertiary/aromatic N) is 3. The van der Waals surface area contributed by atoms with E-state index in [0.717, 1.165) is 18.5 Å². The van der Waals surface area contributed by atoms with Gasteiger partial charge in [0, 0.05) is 11.7 Å². The molecule has 108 valence electrons.